The molecule has 2 amide bonds. The third kappa shape index (κ3) is 4.83. The maximum atomic E-state index is 12.8. The van der Waals surface area contributed by atoms with Crippen molar-refractivity contribution in [2.24, 2.45) is 5.92 Å². The summed E-state index contributed by atoms with van der Waals surface area (Å²) < 4.78 is 5.51. The number of hydrogen-bond donors (Lipinski definition) is 2. The first-order valence-electron chi connectivity index (χ1n) is 11.7. The fourth-order valence-corrected chi connectivity index (χ4v) is 4.88. The van der Waals surface area contributed by atoms with E-state index in [1.54, 1.807) is 13.0 Å². The number of carbonyl (C=O) groups is 3. The number of hydrogen-bond acceptors (Lipinski definition) is 4. The van der Waals surface area contributed by atoms with Gasteiger partial charge in [-0.1, -0.05) is 61.5 Å². The van der Waals surface area contributed by atoms with Crippen molar-refractivity contribution in [2.75, 3.05) is 19.7 Å². The highest BCUT2D eigenvalue weighted by molar-refractivity contribution is 5.95. The van der Waals surface area contributed by atoms with E-state index in [0.717, 1.165) is 28.7 Å². The van der Waals surface area contributed by atoms with Crippen molar-refractivity contribution in [2.45, 2.75) is 38.6 Å². The lowest BCUT2D eigenvalue weighted by Gasteiger charge is -2.36. The molecule has 1 aliphatic carbocycles. The van der Waals surface area contributed by atoms with Crippen molar-refractivity contribution in [3.8, 4) is 11.1 Å². The van der Waals surface area contributed by atoms with Crippen LogP contribution in [0.3, 0.4) is 0 Å². The highest BCUT2D eigenvalue weighted by atomic mass is 16.5. The van der Waals surface area contributed by atoms with Gasteiger partial charge in [0, 0.05) is 24.6 Å². The Bertz CT molecular complexity index is 1080. The van der Waals surface area contributed by atoms with Gasteiger partial charge in [-0.3, -0.25) is 4.79 Å². The van der Waals surface area contributed by atoms with Crippen LogP contribution in [0.4, 0.5) is 4.79 Å². The summed E-state index contributed by atoms with van der Waals surface area (Å²) in [6, 6.07) is 15.5. The number of ether oxygens (including phenoxy) is 1. The molecular formula is C27H30N2O5. The number of carbonyl (C=O) groups excluding carboxylic acids is 2. The molecular weight excluding hydrogens is 432 g/mol. The average Bonchev–Trinajstić information content (AvgIpc) is 3.15. The molecule has 2 unspecified atom stereocenters. The number of amides is 2. The molecule has 1 aliphatic heterocycles. The lowest BCUT2D eigenvalue weighted by atomic mass is 9.93. The second-order valence-electron chi connectivity index (χ2n) is 9.09. The minimum absolute atomic E-state index is 0.0222. The van der Waals surface area contributed by atoms with Gasteiger partial charge in [-0.15, -0.1) is 0 Å². The number of alkyl carbamates (subject to hydrolysis) is 1. The van der Waals surface area contributed by atoms with E-state index in [-0.39, 0.29) is 30.9 Å². The number of likely N-dealkylation sites (tertiary alicyclic amines) is 1. The number of benzene rings is 2. The Morgan fingerprint density at radius 3 is 2.29 bits per heavy atom. The number of carboxylic acid groups (broad SMARTS) is 1. The first kappa shape index (κ1) is 23.5. The normalized spacial score (nSPS) is 19.8. The Kier molecular flexibility index (Phi) is 7.01. The van der Waals surface area contributed by atoms with E-state index in [0.29, 0.717) is 18.5 Å². The summed E-state index contributed by atoms with van der Waals surface area (Å²) in [6.07, 6.45) is 2.27. The molecule has 2 N–H and O–H groups in total. The van der Waals surface area contributed by atoms with Gasteiger partial charge in [-0.2, -0.15) is 0 Å². The van der Waals surface area contributed by atoms with Crippen molar-refractivity contribution in [3.05, 3.63) is 71.3 Å². The molecule has 2 aromatic carbocycles. The van der Waals surface area contributed by atoms with Crippen molar-refractivity contribution in [1.29, 1.82) is 0 Å². The first-order valence-corrected chi connectivity index (χ1v) is 11.7. The van der Waals surface area contributed by atoms with Crippen LogP contribution in [0.15, 0.2) is 60.2 Å². The second-order valence-corrected chi connectivity index (χ2v) is 9.09. The number of rotatable bonds is 6. The van der Waals surface area contributed by atoms with Gasteiger partial charge >= 0.3 is 12.1 Å². The van der Waals surface area contributed by atoms with Crippen LogP contribution < -0.4 is 5.32 Å². The van der Waals surface area contributed by atoms with E-state index in [4.69, 9.17) is 4.74 Å². The molecule has 2 aromatic rings. The topological polar surface area (TPSA) is 95.9 Å². The van der Waals surface area contributed by atoms with Crippen LogP contribution in [-0.4, -0.2) is 53.7 Å². The lowest BCUT2D eigenvalue weighted by molar-refractivity contribution is -0.151. The summed E-state index contributed by atoms with van der Waals surface area (Å²) in [5.74, 6) is -1.06. The zero-order valence-electron chi connectivity index (χ0n) is 19.5. The summed E-state index contributed by atoms with van der Waals surface area (Å²) in [7, 11) is 0. The van der Waals surface area contributed by atoms with Crippen LogP contribution >= 0.6 is 0 Å². The summed E-state index contributed by atoms with van der Waals surface area (Å²) in [6.45, 7) is 4.40. The first-order chi connectivity index (χ1) is 16.4. The zero-order valence-corrected chi connectivity index (χ0v) is 19.5. The van der Waals surface area contributed by atoms with Crippen LogP contribution in [0.5, 0.6) is 0 Å². The molecule has 4 rings (SSSR count). The van der Waals surface area contributed by atoms with E-state index in [1.165, 1.54) is 4.90 Å². The number of carboxylic acids is 1. The van der Waals surface area contributed by atoms with Crippen LogP contribution in [0, 0.1) is 5.92 Å². The summed E-state index contributed by atoms with van der Waals surface area (Å²) >= 11 is 0. The van der Waals surface area contributed by atoms with Crippen LogP contribution in [-0.2, 0) is 14.3 Å². The van der Waals surface area contributed by atoms with E-state index < -0.39 is 18.1 Å². The summed E-state index contributed by atoms with van der Waals surface area (Å²) in [5.41, 5.74) is 5.01. The summed E-state index contributed by atoms with van der Waals surface area (Å²) in [5, 5.41) is 12.1. The standard InChI is InChI=1S/C27H30N2O5/c1-17-11-12-24(26(31)32)29(15-17)25(30)18(2)13-14-28-27(33)34-16-23-21-9-5-3-7-19(21)20-8-4-6-10-22(20)23/h3-10,13,17,23-24H,11-12,14-16H2,1-2H3,(H,28,33)(H,31,32)/b18-13+. The van der Waals surface area contributed by atoms with Crippen molar-refractivity contribution >= 4 is 18.0 Å². The van der Waals surface area contributed by atoms with E-state index in [2.05, 4.69) is 29.6 Å². The quantitative estimate of drug-likeness (QED) is 0.628. The van der Waals surface area contributed by atoms with Crippen molar-refractivity contribution in [3.63, 3.8) is 0 Å². The number of fused-ring (bicyclic) bond motifs is 3. The fraction of sp³-hybridized carbons (Fsp3) is 0.370. The summed E-state index contributed by atoms with van der Waals surface area (Å²) in [4.78, 5) is 38.1. The van der Waals surface area contributed by atoms with Crippen molar-refractivity contribution < 1.29 is 24.2 Å². The second kappa shape index (κ2) is 10.1. The molecule has 2 atom stereocenters. The van der Waals surface area contributed by atoms with Gasteiger partial charge in [-0.05, 0) is 47.9 Å². The molecule has 7 heteroatoms. The van der Waals surface area contributed by atoms with Crippen LogP contribution in [0.2, 0.25) is 0 Å². The molecule has 0 saturated carbocycles. The molecule has 7 nitrogen and oxygen atoms in total. The van der Waals surface area contributed by atoms with E-state index >= 15 is 0 Å². The Labute approximate surface area is 199 Å². The van der Waals surface area contributed by atoms with Crippen molar-refractivity contribution in [1.82, 2.24) is 10.2 Å². The Morgan fingerprint density at radius 2 is 1.68 bits per heavy atom. The van der Waals surface area contributed by atoms with Gasteiger partial charge < -0.3 is 20.1 Å². The molecule has 0 aromatic heterocycles. The number of nitrogens with zero attached hydrogens (tertiary/aromatic N) is 1. The maximum absolute atomic E-state index is 12.8. The molecule has 2 aliphatic rings. The zero-order chi connectivity index (χ0) is 24.2. The minimum Gasteiger partial charge on any atom is -0.480 e. The van der Waals surface area contributed by atoms with E-state index in [1.807, 2.05) is 31.2 Å². The Balaban J connectivity index is 1.32. The Hall–Kier alpha value is -3.61. The van der Waals surface area contributed by atoms with Crippen LogP contribution in [0.1, 0.15) is 43.7 Å². The third-order valence-electron chi connectivity index (χ3n) is 6.70. The number of piperidine rings is 1. The molecule has 0 spiro atoms. The molecule has 1 fully saturated rings. The van der Waals surface area contributed by atoms with Gasteiger partial charge in [0.05, 0.1) is 0 Å². The van der Waals surface area contributed by atoms with Gasteiger partial charge in [0.15, 0.2) is 0 Å². The van der Waals surface area contributed by atoms with E-state index in [9.17, 15) is 19.5 Å². The predicted molar refractivity (Wildman–Crippen MR) is 128 cm³/mol. The molecule has 1 saturated heterocycles. The molecule has 0 radical (unpaired) electrons. The lowest BCUT2D eigenvalue weighted by Crippen LogP contribution is -2.50. The average molecular weight is 463 g/mol. The van der Waals surface area contributed by atoms with Gasteiger partial charge in [-0.25, -0.2) is 9.59 Å². The highest BCUT2D eigenvalue weighted by Crippen LogP contribution is 2.44. The number of aliphatic carboxylic acids is 1. The Morgan fingerprint density at radius 1 is 1.06 bits per heavy atom. The molecule has 1 heterocycles. The minimum atomic E-state index is -0.982. The monoisotopic (exact) mass is 462 g/mol. The smallest absolute Gasteiger partial charge is 0.407 e. The predicted octanol–water partition coefficient (Wildman–Crippen LogP) is 4.18. The largest absolute Gasteiger partial charge is 0.480 e. The number of nitrogens with one attached hydrogen (secondary N) is 1. The molecule has 0 bridgehead atoms. The maximum Gasteiger partial charge on any atom is 0.407 e. The fourth-order valence-electron chi connectivity index (χ4n) is 4.88. The molecule has 34 heavy (non-hydrogen) atoms. The van der Waals surface area contributed by atoms with Gasteiger partial charge in [0.25, 0.3) is 0 Å². The van der Waals surface area contributed by atoms with Gasteiger partial charge in [0.2, 0.25) is 5.91 Å². The van der Waals surface area contributed by atoms with Crippen LogP contribution in [0.25, 0.3) is 11.1 Å². The third-order valence-corrected chi connectivity index (χ3v) is 6.70. The highest BCUT2D eigenvalue weighted by Gasteiger charge is 2.35. The SMILES string of the molecule is C/C(=C\CNC(=O)OCC1c2ccccc2-c2ccccc21)C(=O)N1CC(C)CCC1C(=O)O. The molecule has 178 valence electrons. The van der Waals surface area contributed by atoms with Gasteiger partial charge in [0.1, 0.15) is 12.6 Å².